The van der Waals surface area contributed by atoms with Crippen molar-refractivity contribution in [1.82, 2.24) is 9.97 Å². The minimum absolute atomic E-state index is 0.0917. The molecular weight excluding hydrogens is 232 g/mol. The van der Waals surface area contributed by atoms with Gasteiger partial charge in [-0.25, -0.2) is 9.97 Å². The molecule has 0 aliphatic heterocycles. The lowest BCUT2D eigenvalue weighted by Gasteiger charge is -2.15. The molecule has 0 bridgehead atoms. The third-order valence-corrected chi connectivity index (χ3v) is 3.88. The van der Waals surface area contributed by atoms with Crippen LogP contribution in [-0.4, -0.2) is 26.4 Å². The zero-order valence-electron chi connectivity index (χ0n) is 9.28. The molecule has 1 rings (SSSR count). The molecule has 5 heteroatoms. The Hall–Kier alpha value is -0.320. The fourth-order valence-corrected chi connectivity index (χ4v) is 2.23. The second-order valence-corrected chi connectivity index (χ2v) is 5.28. The number of hydrogen-bond acceptors (Lipinski definition) is 4. The largest absolute Gasteiger partial charge is 0.392 e. The monoisotopic (exact) mass is 246 g/mol. The fourth-order valence-electron chi connectivity index (χ4n) is 0.959. The molecule has 0 fully saturated rings. The summed E-state index contributed by atoms with van der Waals surface area (Å²) >= 11 is 7.48. The Labute approximate surface area is 99.3 Å². The number of thioether (sulfide) groups is 1. The van der Waals surface area contributed by atoms with Crippen LogP contribution < -0.4 is 0 Å². The average molecular weight is 247 g/mol. The van der Waals surface area contributed by atoms with E-state index in [0.717, 1.165) is 10.6 Å². The second-order valence-electron chi connectivity index (χ2n) is 3.56. The van der Waals surface area contributed by atoms with E-state index < -0.39 is 0 Å². The van der Waals surface area contributed by atoms with E-state index in [-0.39, 0.29) is 11.4 Å². The summed E-state index contributed by atoms with van der Waals surface area (Å²) in [6, 6.07) is 0. The van der Waals surface area contributed by atoms with Crippen LogP contribution in [0.25, 0.3) is 0 Å². The lowest BCUT2D eigenvalue weighted by molar-refractivity contribution is 0.196. The van der Waals surface area contributed by atoms with Gasteiger partial charge >= 0.3 is 0 Å². The van der Waals surface area contributed by atoms with E-state index in [1.807, 2.05) is 20.8 Å². The highest BCUT2D eigenvalue weighted by Gasteiger charge is 2.15. The molecule has 15 heavy (non-hydrogen) atoms. The van der Waals surface area contributed by atoms with Crippen molar-refractivity contribution in [3.05, 3.63) is 16.5 Å². The predicted molar refractivity (Wildman–Crippen MR) is 63.5 cm³/mol. The first-order chi connectivity index (χ1) is 6.91. The maximum absolute atomic E-state index is 9.41. The van der Waals surface area contributed by atoms with Gasteiger partial charge in [-0.1, -0.05) is 18.5 Å². The summed E-state index contributed by atoms with van der Waals surface area (Å²) in [6.45, 7) is 7.42. The van der Waals surface area contributed by atoms with Crippen LogP contribution in [0.5, 0.6) is 0 Å². The third kappa shape index (κ3) is 3.33. The van der Waals surface area contributed by atoms with E-state index in [4.69, 9.17) is 11.6 Å². The lowest BCUT2D eigenvalue weighted by atomic mass is 10.3. The van der Waals surface area contributed by atoms with Crippen LogP contribution in [-0.2, 0) is 0 Å². The molecule has 0 amide bonds. The summed E-state index contributed by atoms with van der Waals surface area (Å²) in [5.74, 6) is 0.658. The molecular formula is C10H15ClN2OS. The van der Waals surface area contributed by atoms with Crippen LogP contribution in [0.3, 0.4) is 0 Å². The first-order valence-corrected chi connectivity index (χ1v) is 6.03. The van der Waals surface area contributed by atoms with Gasteiger partial charge in [-0.2, -0.15) is 0 Å². The topological polar surface area (TPSA) is 46.0 Å². The van der Waals surface area contributed by atoms with Gasteiger partial charge in [-0.05, 0) is 20.8 Å². The first-order valence-electron chi connectivity index (χ1n) is 4.77. The van der Waals surface area contributed by atoms with E-state index in [1.54, 1.807) is 6.92 Å². The number of halogens is 1. The Morgan fingerprint density at radius 2 is 1.87 bits per heavy atom. The van der Waals surface area contributed by atoms with Gasteiger partial charge in [0.1, 0.15) is 16.0 Å². The molecule has 2 unspecified atom stereocenters. The Bertz CT molecular complexity index is 358. The van der Waals surface area contributed by atoms with Crippen LogP contribution >= 0.6 is 23.4 Å². The fraction of sp³-hybridized carbons (Fsp3) is 0.600. The van der Waals surface area contributed by atoms with Gasteiger partial charge < -0.3 is 5.11 Å². The third-order valence-electron chi connectivity index (χ3n) is 2.13. The number of nitrogens with zero attached hydrogens (tertiary/aromatic N) is 2. The molecule has 1 heterocycles. The van der Waals surface area contributed by atoms with Crippen molar-refractivity contribution in [2.75, 3.05) is 0 Å². The van der Waals surface area contributed by atoms with Gasteiger partial charge in [0.25, 0.3) is 0 Å². The maximum Gasteiger partial charge on any atom is 0.136 e. The number of aryl methyl sites for hydroxylation is 1. The van der Waals surface area contributed by atoms with E-state index >= 15 is 0 Å². The minimum atomic E-state index is -0.372. The molecule has 1 N–H and O–H groups in total. The molecule has 0 saturated carbocycles. The van der Waals surface area contributed by atoms with Crippen LogP contribution in [0.15, 0.2) is 5.03 Å². The van der Waals surface area contributed by atoms with E-state index in [1.165, 1.54) is 11.8 Å². The molecule has 1 aromatic rings. The van der Waals surface area contributed by atoms with Gasteiger partial charge in [0, 0.05) is 10.8 Å². The highest BCUT2D eigenvalue weighted by molar-refractivity contribution is 7.99. The number of aliphatic hydroxyl groups excluding tert-OH is 1. The summed E-state index contributed by atoms with van der Waals surface area (Å²) in [6.07, 6.45) is -0.372. The molecule has 3 nitrogen and oxygen atoms in total. The second kappa shape index (κ2) is 5.14. The molecule has 84 valence electrons. The average Bonchev–Trinajstić information content (AvgIpc) is 2.13. The summed E-state index contributed by atoms with van der Waals surface area (Å²) in [5, 5.41) is 10.8. The molecule has 0 radical (unpaired) electrons. The Balaban J connectivity index is 2.94. The molecule has 0 aliphatic carbocycles. The molecule has 2 atom stereocenters. The highest BCUT2D eigenvalue weighted by Crippen LogP contribution is 2.29. The first kappa shape index (κ1) is 12.7. The van der Waals surface area contributed by atoms with Gasteiger partial charge in [0.05, 0.1) is 6.10 Å². The van der Waals surface area contributed by atoms with Crippen molar-refractivity contribution in [3.8, 4) is 0 Å². The lowest BCUT2D eigenvalue weighted by Crippen LogP contribution is -2.15. The van der Waals surface area contributed by atoms with E-state index in [9.17, 15) is 5.11 Å². The van der Waals surface area contributed by atoms with Crippen molar-refractivity contribution in [3.63, 3.8) is 0 Å². The number of aliphatic hydroxyl groups is 1. The smallest absolute Gasteiger partial charge is 0.136 e. The van der Waals surface area contributed by atoms with Crippen molar-refractivity contribution in [2.45, 2.75) is 44.1 Å². The van der Waals surface area contributed by atoms with Crippen molar-refractivity contribution in [2.24, 2.45) is 0 Å². The van der Waals surface area contributed by atoms with Crippen LogP contribution in [0.1, 0.15) is 25.2 Å². The number of hydrogen-bond donors (Lipinski definition) is 1. The number of aromatic nitrogens is 2. The van der Waals surface area contributed by atoms with Gasteiger partial charge in [0.15, 0.2) is 0 Å². The van der Waals surface area contributed by atoms with Gasteiger partial charge in [0.2, 0.25) is 0 Å². The SMILES string of the molecule is Cc1nc(Cl)c(C)c(SC(C)C(C)O)n1. The molecule has 1 aromatic heterocycles. The molecule has 0 saturated heterocycles. The van der Waals surface area contributed by atoms with Gasteiger partial charge in [-0.3, -0.25) is 0 Å². The minimum Gasteiger partial charge on any atom is -0.392 e. The van der Waals surface area contributed by atoms with Crippen molar-refractivity contribution in [1.29, 1.82) is 0 Å². The van der Waals surface area contributed by atoms with Crippen molar-refractivity contribution >= 4 is 23.4 Å². The standard InChI is InChI=1S/C10H15ClN2OS/c1-5-9(11)12-8(4)13-10(5)15-7(3)6(2)14/h6-7,14H,1-4H3. The molecule has 0 spiro atoms. The van der Waals surface area contributed by atoms with Crippen LogP contribution in [0.2, 0.25) is 5.15 Å². The number of rotatable bonds is 3. The summed E-state index contributed by atoms with van der Waals surface area (Å²) in [5.41, 5.74) is 0.875. The predicted octanol–water partition coefficient (Wildman–Crippen LogP) is 2.61. The van der Waals surface area contributed by atoms with Crippen molar-refractivity contribution < 1.29 is 5.11 Å². The Kier molecular flexibility index (Phi) is 4.37. The Morgan fingerprint density at radius 3 is 2.40 bits per heavy atom. The normalized spacial score (nSPS) is 15.1. The van der Waals surface area contributed by atoms with Gasteiger partial charge in [-0.15, -0.1) is 11.8 Å². The highest BCUT2D eigenvalue weighted by atomic mass is 35.5. The Morgan fingerprint density at radius 1 is 1.27 bits per heavy atom. The zero-order chi connectivity index (χ0) is 11.6. The molecule has 0 aromatic carbocycles. The van der Waals surface area contributed by atoms with E-state index in [0.29, 0.717) is 11.0 Å². The van der Waals surface area contributed by atoms with Crippen LogP contribution in [0, 0.1) is 13.8 Å². The zero-order valence-corrected chi connectivity index (χ0v) is 10.9. The summed E-state index contributed by atoms with van der Waals surface area (Å²) in [7, 11) is 0. The molecule has 0 aliphatic rings. The maximum atomic E-state index is 9.41. The quantitative estimate of drug-likeness (QED) is 0.658. The summed E-state index contributed by atoms with van der Waals surface area (Å²) in [4.78, 5) is 8.38. The summed E-state index contributed by atoms with van der Waals surface area (Å²) < 4.78 is 0. The van der Waals surface area contributed by atoms with Crippen LogP contribution in [0.4, 0.5) is 0 Å². The van der Waals surface area contributed by atoms with E-state index in [2.05, 4.69) is 9.97 Å².